The molecule has 0 aliphatic carbocycles. The Bertz CT molecular complexity index is 1140. The molecule has 10 heteroatoms. The first kappa shape index (κ1) is 27.5. The summed E-state index contributed by atoms with van der Waals surface area (Å²) < 4.78 is 16.5. The van der Waals surface area contributed by atoms with Crippen LogP contribution in [0.4, 0.5) is 16.3 Å². The summed E-state index contributed by atoms with van der Waals surface area (Å²) in [4.78, 5) is 19.6. The smallest absolute Gasteiger partial charge is 0.410 e. The third kappa shape index (κ3) is 6.38. The number of ether oxygens (including phenoxy) is 3. The molecule has 3 aliphatic heterocycles. The molecule has 1 amide bonds. The lowest BCUT2D eigenvalue weighted by Gasteiger charge is -2.44. The van der Waals surface area contributed by atoms with Crippen LogP contribution in [0.1, 0.15) is 46.5 Å². The number of aromatic nitrogens is 2. The van der Waals surface area contributed by atoms with E-state index in [0.29, 0.717) is 29.6 Å². The van der Waals surface area contributed by atoms with Gasteiger partial charge in [0.05, 0.1) is 11.4 Å². The topological polar surface area (TPSA) is 106 Å². The van der Waals surface area contributed by atoms with Crippen LogP contribution in [0.15, 0.2) is 30.3 Å². The van der Waals surface area contributed by atoms with Crippen LogP contribution in [-0.4, -0.2) is 90.4 Å². The van der Waals surface area contributed by atoms with E-state index in [0.717, 1.165) is 62.5 Å². The number of likely N-dealkylation sites (tertiary alicyclic amines) is 1. The van der Waals surface area contributed by atoms with Crippen LogP contribution < -0.4 is 15.4 Å². The number of piperazine rings is 1. The number of piperidine rings is 1. The van der Waals surface area contributed by atoms with Gasteiger partial charge in [0.2, 0.25) is 0 Å². The summed E-state index contributed by atoms with van der Waals surface area (Å²) in [6, 6.07) is 10.7. The van der Waals surface area contributed by atoms with E-state index in [1.54, 1.807) is 7.11 Å². The number of benzene rings is 1. The van der Waals surface area contributed by atoms with Gasteiger partial charge in [0.25, 0.3) is 0 Å². The zero-order valence-electron chi connectivity index (χ0n) is 23.6. The van der Waals surface area contributed by atoms with E-state index in [1.165, 1.54) is 12.8 Å². The van der Waals surface area contributed by atoms with Crippen molar-refractivity contribution in [3.63, 3.8) is 0 Å². The van der Waals surface area contributed by atoms with Crippen molar-refractivity contribution in [1.29, 1.82) is 0 Å². The van der Waals surface area contributed by atoms with E-state index < -0.39 is 5.60 Å². The van der Waals surface area contributed by atoms with E-state index >= 15 is 0 Å². The molecule has 0 saturated carbocycles. The van der Waals surface area contributed by atoms with Crippen molar-refractivity contribution in [2.24, 2.45) is 5.92 Å². The number of fused-ring (bicyclic) bond motifs is 2. The van der Waals surface area contributed by atoms with Crippen LogP contribution in [0.5, 0.6) is 5.75 Å². The van der Waals surface area contributed by atoms with Crippen LogP contribution in [0, 0.1) is 5.92 Å². The van der Waals surface area contributed by atoms with Gasteiger partial charge in [0.1, 0.15) is 11.4 Å². The van der Waals surface area contributed by atoms with Gasteiger partial charge in [-0.3, -0.25) is 4.90 Å². The number of nitrogens with zero attached hydrogens (tertiary/aromatic N) is 5. The molecule has 1 aromatic carbocycles. The fraction of sp³-hybridized carbons (Fsp3) is 0.621. The van der Waals surface area contributed by atoms with E-state index in [4.69, 9.17) is 19.9 Å². The molecule has 5 rings (SSSR count). The molecule has 2 N–H and O–H groups in total. The number of nitrogen functional groups attached to an aromatic ring is 1. The highest BCUT2D eigenvalue weighted by atomic mass is 16.7. The number of amides is 1. The Balaban J connectivity index is 1.26. The molecule has 4 heterocycles. The van der Waals surface area contributed by atoms with Crippen LogP contribution in [0.2, 0.25) is 0 Å². The summed E-state index contributed by atoms with van der Waals surface area (Å²) in [5, 5.41) is 8.71. The Kier molecular flexibility index (Phi) is 8.13. The lowest BCUT2D eigenvalue weighted by Crippen LogP contribution is -2.56. The van der Waals surface area contributed by atoms with Gasteiger partial charge in [-0.15, -0.1) is 10.2 Å². The van der Waals surface area contributed by atoms with Gasteiger partial charge in [0, 0.05) is 57.5 Å². The average molecular weight is 539 g/mol. The number of anilines is 2. The second kappa shape index (κ2) is 11.6. The Hall–Kier alpha value is -3.11. The van der Waals surface area contributed by atoms with Crippen LogP contribution >= 0.6 is 0 Å². The molecular weight excluding hydrogens is 496 g/mol. The number of methoxy groups -OCH3 is 1. The number of para-hydroxylation sites is 1. The Morgan fingerprint density at radius 2 is 1.82 bits per heavy atom. The van der Waals surface area contributed by atoms with Gasteiger partial charge < -0.3 is 29.7 Å². The van der Waals surface area contributed by atoms with E-state index in [2.05, 4.69) is 20.0 Å². The number of hydrogen-bond acceptors (Lipinski definition) is 9. The third-order valence-corrected chi connectivity index (χ3v) is 7.91. The zero-order valence-corrected chi connectivity index (χ0v) is 23.6. The number of carbonyl (C=O) groups is 1. The predicted octanol–water partition coefficient (Wildman–Crippen LogP) is 4.01. The summed E-state index contributed by atoms with van der Waals surface area (Å²) in [5.41, 5.74) is 8.41. The van der Waals surface area contributed by atoms with Crippen LogP contribution in [-0.2, 0) is 9.47 Å². The molecule has 0 radical (unpaired) electrons. The average Bonchev–Trinajstić information content (AvgIpc) is 3.13. The maximum absolute atomic E-state index is 12.7. The monoisotopic (exact) mass is 538 g/mol. The fourth-order valence-corrected chi connectivity index (χ4v) is 6.19. The molecule has 212 valence electrons. The van der Waals surface area contributed by atoms with E-state index in [9.17, 15) is 4.79 Å². The summed E-state index contributed by atoms with van der Waals surface area (Å²) in [6.07, 6.45) is 4.32. The molecule has 10 nitrogen and oxygen atoms in total. The number of carbonyl (C=O) groups excluding carboxylic acids is 1. The molecule has 1 aromatic heterocycles. The molecule has 2 aromatic rings. The normalized spacial score (nSPS) is 23.6. The van der Waals surface area contributed by atoms with Gasteiger partial charge in [-0.05, 0) is 70.6 Å². The number of nitrogens with two attached hydrogens (primary N) is 1. The van der Waals surface area contributed by atoms with Crippen molar-refractivity contribution in [3.05, 3.63) is 30.3 Å². The van der Waals surface area contributed by atoms with Gasteiger partial charge in [-0.2, -0.15) is 0 Å². The summed E-state index contributed by atoms with van der Waals surface area (Å²) in [6.45, 7) is 10.3. The minimum absolute atomic E-state index is 0.161. The largest absolute Gasteiger partial charge is 0.467 e. The zero-order chi connectivity index (χ0) is 27.6. The highest BCUT2D eigenvalue weighted by molar-refractivity contribution is 5.74. The van der Waals surface area contributed by atoms with Crippen molar-refractivity contribution < 1.29 is 19.0 Å². The second-order valence-corrected chi connectivity index (χ2v) is 12.0. The van der Waals surface area contributed by atoms with Crippen molar-refractivity contribution in [1.82, 2.24) is 20.0 Å². The SMILES string of the molecule is COCOc1ccccc1-c1cc(N2CC3CCC(C2)N3C[C@@H]2CCCN(C(=O)OC(C)(C)C)C2)c(N)nn1. The standard InChI is InChI=1S/C29H42N6O4/c1-29(2,3)39-28(36)33-13-7-8-20(15-33)16-35-21-11-12-22(35)18-34(17-21)25-14-24(31-32-27(25)30)23-9-5-6-10-26(23)38-19-37-4/h5-6,9-10,14,20-22H,7-8,11-13,15-19H2,1-4H3,(H2,30,32)/t20-,21?,22?/m1/s1. The highest BCUT2D eigenvalue weighted by Gasteiger charge is 2.42. The minimum atomic E-state index is -0.470. The Labute approximate surface area is 231 Å². The summed E-state index contributed by atoms with van der Waals surface area (Å²) in [5.74, 6) is 1.60. The Morgan fingerprint density at radius 3 is 2.54 bits per heavy atom. The highest BCUT2D eigenvalue weighted by Crippen LogP contribution is 2.37. The van der Waals surface area contributed by atoms with Gasteiger partial charge in [-0.1, -0.05) is 12.1 Å². The quantitative estimate of drug-likeness (QED) is 0.523. The van der Waals surface area contributed by atoms with Crippen molar-refractivity contribution in [2.45, 2.75) is 64.1 Å². The molecule has 3 aliphatic rings. The minimum Gasteiger partial charge on any atom is -0.467 e. The first-order chi connectivity index (χ1) is 18.7. The third-order valence-electron chi connectivity index (χ3n) is 7.91. The Morgan fingerprint density at radius 1 is 1.08 bits per heavy atom. The van der Waals surface area contributed by atoms with Crippen molar-refractivity contribution in [3.8, 4) is 17.0 Å². The summed E-state index contributed by atoms with van der Waals surface area (Å²) >= 11 is 0. The molecule has 39 heavy (non-hydrogen) atoms. The number of hydrogen-bond donors (Lipinski definition) is 1. The number of rotatable bonds is 7. The molecular formula is C29H42N6O4. The fourth-order valence-electron chi connectivity index (χ4n) is 6.19. The van der Waals surface area contributed by atoms with E-state index in [1.807, 2.05) is 56.0 Å². The lowest BCUT2D eigenvalue weighted by molar-refractivity contribution is 0.0127. The van der Waals surface area contributed by atoms with E-state index in [-0.39, 0.29) is 12.9 Å². The first-order valence-corrected chi connectivity index (χ1v) is 14.0. The molecule has 3 atom stereocenters. The van der Waals surface area contributed by atoms with Gasteiger partial charge >= 0.3 is 6.09 Å². The molecule has 0 spiro atoms. The maximum Gasteiger partial charge on any atom is 0.410 e. The molecule has 2 bridgehead atoms. The van der Waals surface area contributed by atoms with Crippen LogP contribution in [0.3, 0.4) is 0 Å². The predicted molar refractivity (Wildman–Crippen MR) is 151 cm³/mol. The van der Waals surface area contributed by atoms with Crippen molar-refractivity contribution in [2.75, 3.05) is 57.3 Å². The lowest BCUT2D eigenvalue weighted by atomic mass is 9.96. The second-order valence-electron chi connectivity index (χ2n) is 12.0. The van der Waals surface area contributed by atoms with Gasteiger partial charge in [-0.25, -0.2) is 4.79 Å². The molecule has 2 unspecified atom stereocenters. The van der Waals surface area contributed by atoms with Crippen LogP contribution in [0.25, 0.3) is 11.3 Å². The molecule has 3 saturated heterocycles. The summed E-state index contributed by atoms with van der Waals surface area (Å²) in [7, 11) is 1.60. The maximum atomic E-state index is 12.7. The molecule has 3 fully saturated rings. The van der Waals surface area contributed by atoms with Gasteiger partial charge in [0.15, 0.2) is 12.6 Å². The first-order valence-electron chi connectivity index (χ1n) is 14.0. The van der Waals surface area contributed by atoms with Crippen molar-refractivity contribution >= 4 is 17.6 Å².